The number of phenols is 1. The quantitative estimate of drug-likeness (QED) is 0.816. The van der Waals surface area contributed by atoms with Crippen LogP contribution < -0.4 is 10.1 Å². The molecule has 6 nitrogen and oxygen atoms in total. The lowest BCUT2D eigenvalue weighted by atomic mass is 10.1. The van der Waals surface area contributed by atoms with E-state index >= 15 is 0 Å². The van der Waals surface area contributed by atoms with Gasteiger partial charge in [0.25, 0.3) is 0 Å². The number of aromatic hydroxyl groups is 1. The second-order valence-electron chi connectivity index (χ2n) is 6.80. The topological polar surface area (TPSA) is 71.0 Å². The largest absolute Gasteiger partial charge is 0.508 e. The van der Waals surface area contributed by atoms with Crippen LogP contribution in [0.5, 0.6) is 11.5 Å². The summed E-state index contributed by atoms with van der Waals surface area (Å²) in [5, 5.41) is 12.9. The third-order valence-electron chi connectivity index (χ3n) is 3.54. The molecule has 128 valence electrons. The number of hydrogen-bond acceptors (Lipinski definition) is 5. The fourth-order valence-electron chi connectivity index (χ4n) is 2.39. The highest BCUT2D eigenvalue weighted by molar-refractivity contribution is 5.67. The zero-order valence-corrected chi connectivity index (χ0v) is 14.3. The van der Waals surface area contributed by atoms with Crippen LogP contribution in [0.4, 0.5) is 4.79 Å². The zero-order valence-electron chi connectivity index (χ0n) is 14.3. The zero-order chi connectivity index (χ0) is 17.0. The highest BCUT2D eigenvalue weighted by Gasteiger charge is 2.24. The number of fused-ring (bicyclic) bond motifs is 1. The van der Waals surface area contributed by atoms with E-state index in [2.05, 4.69) is 5.32 Å². The van der Waals surface area contributed by atoms with Crippen LogP contribution in [0.1, 0.15) is 38.8 Å². The first kappa shape index (κ1) is 17.4. The summed E-state index contributed by atoms with van der Waals surface area (Å²) in [6.07, 6.45) is 0.516. The minimum atomic E-state index is -0.472. The van der Waals surface area contributed by atoms with Gasteiger partial charge in [-0.15, -0.1) is 0 Å². The smallest absolute Gasteiger partial charge is 0.410 e. The highest BCUT2D eigenvalue weighted by Crippen LogP contribution is 2.34. The Labute approximate surface area is 137 Å². The average Bonchev–Trinajstić information content (AvgIpc) is 2.83. The molecule has 1 amide bonds. The third kappa shape index (κ3) is 5.03. The minimum Gasteiger partial charge on any atom is -0.508 e. The van der Waals surface area contributed by atoms with Crippen LogP contribution in [0, 0.1) is 0 Å². The lowest BCUT2D eigenvalue weighted by Crippen LogP contribution is -2.36. The van der Waals surface area contributed by atoms with Gasteiger partial charge in [-0.2, -0.15) is 0 Å². The summed E-state index contributed by atoms with van der Waals surface area (Å²) in [5.41, 5.74) is 0.586. The Hall–Kier alpha value is -1.95. The Bertz CT molecular complexity index is 554. The van der Waals surface area contributed by atoms with Crippen molar-refractivity contribution in [3.05, 3.63) is 23.8 Å². The number of nitrogens with one attached hydrogen (secondary N) is 1. The standard InChI is InChI=1S/C17H26N2O4/c1-17(2,3)23-16(21)19(4)9-5-8-18-14-11-22-15-10-12(20)6-7-13(14)15/h6-7,10,14,18,20H,5,8-9,11H2,1-4H3. The first-order valence-corrected chi connectivity index (χ1v) is 7.89. The number of nitrogens with zero attached hydrogens (tertiary/aromatic N) is 1. The van der Waals surface area contributed by atoms with E-state index in [1.54, 1.807) is 24.1 Å². The molecule has 0 saturated heterocycles. The molecule has 0 bridgehead atoms. The van der Waals surface area contributed by atoms with Crippen molar-refractivity contribution in [2.75, 3.05) is 26.7 Å². The predicted octanol–water partition coefficient (Wildman–Crippen LogP) is 2.67. The van der Waals surface area contributed by atoms with Gasteiger partial charge in [0, 0.05) is 25.2 Å². The van der Waals surface area contributed by atoms with Crippen molar-refractivity contribution in [3.63, 3.8) is 0 Å². The number of ether oxygens (including phenoxy) is 2. The molecule has 6 heteroatoms. The van der Waals surface area contributed by atoms with Gasteiger partial charge in [0.15, 0.2) is 0 Å². The highest BCUT2D eigenvalue weighted by atomic mass is 16.6. The Morgan fingerprint density at radius 3 is 2.91 bits per heavy atom. The van der Waals surface area contributed by atoms with Gasteiger partial charge in [0.05, 0.1) is 6.04 Å². The fourth-order valence-corrected chi connectivity index (χ4v) is 2.39. The van der Waals surface area contributed by atoms with Gasteiger partial charge in [0.1, 0.15) is 23.7 Å². The summed E-state index contributed by atoms with van der Waals surface area (Å²) >= 11 is 0. The Morgan fingerprint density at radius 2 is 2.22 bits per heavy atom. The van der Waals surface area contributed by atoms with Gasteiger partial charge in [-0.1, -0.05) is 0 Å². The minimum absolute atomic E-state index is 0.123. The molecule has 23 heavy (non-hydrogen) atoms. The van der Waals surface area contributed by atoms with E-state index in [9.17, 15) is 9.90 Å². The molecule has 1 aromatic rings. The van der Waals surface area contributed by atoms with Gasteiger partial charge in [-0.25, -0.2) is 4.79 Å². The number of rotatable bonds is 5. The number of hydrogen-bond donors (Lipinski definition) is 2. The van der Waals surface area contributed by atoms with E-state index in [-0.39, 0.29) is 17.9 Å². The lowest BCUT2D eigenvalue weighted by molar-refractivity contribution is 0.0297. The van der Waals surface area contributed by atoms with Crippen LogP contribution in [0.15, 0.2) is 18.2 Å². The van der Waals surface area contributed by atoms with Crippen molar-refractivity contribution < 1.29 is 19.4 Å². The summed E-state index contributed by atoms with van der Waals surface area (Å²) in [5.74, 6) is 0.941. The second-order valence-corrected chi connectivity index (χ2v) is 6.80. The van der Waals surface area contributed by atoms with Crippen LogP contribution in [-0.2, 0) is 4.74 Å². The molecule has 0 fully saturated rings. The number of phenolic OH excluding ortho intramolecular Hbond substituents is 1. The average molecular weight is 322 g/mol. The van der Waals surface area contributed by atoms with Crippen LogP contribution in [0.25, 0.3) is 0 Å². The Balaban J connectivity index is 1.72. The summed E-state index contributed by atoms with van der Waals surface area (Å²) in [7, 11) is 1.74. The van der Waals surface area contributed by atoms with Crippen LogP contribution in [-0.4, -0.2) is 48.4 Å². The van der Waals surface area contributed by atoms with Crippen molar-refractivity contribution in [2.24, 2.45) is 0 Å². The van der Waals surface area contributed by atoms with E-state index in [0.29, 0.717) is 13.2 Å². The van der Waals surface area contributed by atoms with Crippen molar-refractivity contribution in [1.82, 2.24) is 10.2 Å². The number of carbonyl (C=O) groups is 1. The van der Waals surface area contributed by atoms with Crippen molar-refractivity contribution in [1.29, 1.82) is 0 Å². The van der Waals surface area contributed by atoms with E-state index in [1.807, 2.05) is 26.8 Å². The maximum atomic E-state index is 11.8. The number of carbonyl (C=O) groups excluding carboxylic acids is 1. The molecule has 0 radical (unpaired) electrons. The first-order chi connectivity index (χ1) is 10.8. The molecule has 0 aliphatic carbocycles. The molecule has 0 spiro atoms. The van der Waals surface area contributed by atoms with Crippen molar-refractivity contribution >= 4 is 6.09 Å². The van der Waals surface area contributed by atoms with Crippen molar-refractivity contribution in [2.45, 2.75) is 38.8 Å². The Kier molecular flexibility index (Phi) is 5.36. The van der Waals surface area contributed by atoms with E-state index in [0.717, 1.165) is 24.3 Å². The summed E-state index contributed by atoms with van der Waals surface area (Å²) < 4.78 is 10.9. The maximum absolute atomic E-state index is 11.8. The predicted molar refractivity (Wildman–Crippen MR) is 87.8 cm³/mol. The number of benzene rings is 1. The van der Waals surface area contributed by atoms with E-state index < -0.39 is 5.60 Å². The molecule has 0 aromatic heterocycles. The van der Waals surface area contributed by atoms with Gasteiger partial charge in [-0.3, -0.25) is 0 Å². The molecule has 1 atom stereocenters. The van der Waals surface area contributed by atoms with Gasteiger partial charge < -0.3 is 24.8 Å². The molecular formula is C17H26N2O4. The van der Waals surface area contributed by atoms with Crippen molar-refractivity contribution in [3.8, 4) is 11.5 Å². The normalized spacial score (nSPS) is 16.6. The second kappa shape index (κ2) is 7.08. The summed E-state index contributed by atoms with van der Waals surface area (Å²) in [6, 6.07) is 5.30. The molecule has 1 heterocycles. The molecule has 1 unspecified atom stereocenters. The summed E-state index contributed by atoms with van der Waals surface area (Å²) in [4.78, 5) is 13.4. The molecule has 2 N–H and O–H groups in total. The number of amides is 1. The third-order valence-corrected chi connectivity index (χ3v) is 3.54. The maximum Gasteiger partial charge on any atom is 0.410 e. The van der Waals surface area contributed by atoms with E-state index in [4.69, 9.17) is 9.47 Å². The molecule has 1 aromatic carbocycles. The SMILES string of the molecule is CN(CCCNC1COc2cc(O)ccc21)C(=O)OC(C)(C)C. The molecule has 1 aliphatic heterocycles. The van der Waals surface area contributed by atoms with Crippen LogP contribution in [0.3, 0.4) is 0 Å². The summed E-state index contributed by atoms with van der Waals surface area (Å²) in [6.45, 7) is 7.51. The molecule has 0 saturated carbocycles. The van der Waals surface area contributed by atoms with Gasteiger partial charge >= 0.3 is 6.09 Å². The van der Waals surface area contributed by atoms with E-state index in [1.165, 1.54) is 0 Å². The monoisotopic (exact) mass is 322 g/mol. The molecule has 1 aliphatic rings. The molecule has 2 rings (SSSR count). The van der Waals surface area contributed by atoms with Gasteiger partial charge in [0.2, 0.25) is 0 Å². The first-order valence-electron chi connectivity index (χ1n) is 7.89. The van der Waals surface area contributed by atoms with Crippen LogP contribution in [0.2, 0.25) is 0 Å². The lowest BCUT2D eigenvalue weighted by Gasteiger charge is -2.24. The Morgan fingerprint density at radius 1 is 1.48 bits per heavy atom. The van der Waals surface area contributed by atoms with Crippen LogP contribution >= 0.6 is 0 Å². The fraction of sp³-hybridized carbons (Fsp3) is 0.588. The van der Waals surface area contributed by atoms with Gasteiger partial charge in [-0.05, 0) is 45.9 Å². The molecular weight excluding hydrogens is 296 g/mol.